The molecule has 0 aromatic carbocycles. The maximum absolute atomic E-state index is 11.0. The predicted octanol–water partition coefficient (Wildman–Crippen LogP) is -3.20. The van der Waals surface area contributed by atoms with Crippen molar-refractivity contribution in [2.75, 3.05) is 0 Å². The molecule has 0 aliphatic rings. The minimum atomic E-state index is -0.462. The monoisotopic (exact) mass is 323 g/mol. The Kier molecular flexibility index (Phi) is 6.94. The Labute approximate surface area is 133 Å². The zero-order valence-corrected chi connectivity index (χ0v) is 12.4. The molecule has 0 aliphatic heterocycles. The number of halogens is 1. The van der Waals surface area contributed by atoms with Crippen molar-refractivity contribution in [3.63, 3.8) is 0 Å². The summed E-state index contributed by atoms with van der Waals surface area (Å²) in [6.07, 6.45) is 6.58. The molecule has 0 spiro atoms. The smallest absolute Gasteiger partial charge is 0.258 e. The molecule has 3 N–H and O–H groups in total. The molecule has 0 saturated heterocycles. The molecule has 2 heterocycles. The van der Waals surface area contributed by atoms with Gasteiger partial charge in [0.1, 0.15) is 6.21 Å². The third kappa shape index (κ3) is 4.80. The average molecular weight is 324 g/mol. The van der Waals surface area contributed by atoms with Crippen LogP contribution in [-0.4, -0.2) is 17.3 Å². The first kappa shape index (κ1) is 17.5. The van der Waals surface area contributed by atoms with Crippen molar-refractivity contribution in [1.82, 2.24) is 0 Å². The Morgan fingerprint density at radius 3 is 2.59 bits per heavy atom. The molecule has 116 valence electrons. The third-order valence-electron chi connectivity index (χ3n) is 2.81. The quantitative estimate of drug-likeness (QED) is 0.254. The number of primary amides is 1. The van der Waals surface area contributed by atoms with E-state index < -0.39 is 5.91 Å². The number of carbonyl (C=O) groups excluding carboxylic acids is 1. The van der Waals surface area contributed by atoms with Crippen LogP contribution in [0.3, 0.4) is 0 Å². The number of hydrogen-bond donors (Lipinski definition) is 2. The molecule has 22 heavy (non-hydrogen) atoms. The maximum atomic E-state index is 11.0. The molecule has 2 aromatic heterocycles. The lowest BCUT2D eigenvalue weighted by Gasteiger charge is -2.00. The van der Waals surface area contributed by atoms with Crippen LogP contribution in [0, 0.1) is 0 Å². The fourth-order valence-electron chi connectivity index (χ4n) is 1.74. The number of nitrogens with zero attached hydrogens (tertiary/aromatic N) is 3. The second-order valence-corrected chi connectivity index (χ2v) is 4.27. The Morgan fingerprint density at radius 1 is 1.23 bits per heavy atom. The zero-order chi connectivity index (χ0) is 15.1. The number of carbonyl (C=O) groups is 1. The van der Waals surface area contributed by atoms with Crippen molar-refractivity contribution in [2.24, 2.45) is 10.9 Å². The molecule has 0 aliphatic carbocycles. The van der Waals surface area contributed by atoms with Crippen molar-refractivity contribution in [3.05, 3.63) is 60.2 Å². The molecule has 1 amide bonds. The SMILES string of the molecule is NC(=O)c1cc[n+](COC[n+]2ccccc2/C=N/O)cc1.[Cl-]. The predicted molar refractivity (Wildman–Crippen MR) is 72.3 cm³/mol. The molecule has 0 atom stereocenters. The van der Waals surface area contributed by atoms with Crippen LogP contribution in [0.1, 0.15) is 16.1 Å². The van der Waals surface area contributed by atoms with E-state index in [9.17, 15) is 4.79 Å². The average Bonchev–Trinajstić information content (AvgIpc) is 2.50. The van der Waals surface area contributed by atoms with Crippen molar-refractivity contribution >= 4 is 12.1 Å². The van der Waals surface area contributed by atoms with Gasteiger partial charge in [-0.3, -0.25) is 9.53 Å². The number of nitrogens with two attached hydrogens (primary N) is 1. The number of rotatable bonds is 6. The molecule has 0 unspecified atom stereocenters. The van der Waals surface area contributed by atoms with Gasteiger partial charge in [0.2, 0.25) is 11.6 Å². The van der Waals surface area contributed by atoms with Crippen molar-refractivity contribution in [1.29, 1.82) is 0 Å². The number of oxime groups is 1. The highest BCUT2D eigenvalue weighted by Gasteiger charge is 2.09. The van der Waals surface area contributed by atoms with Gasteiger partial charge >= 0.3 is 0 Å². The summed E-state index contributed by atoms with van der Waals surface area (Å²) in [5.74, 6) is -0.462. The van der Waals surface area contributed by atoms with Crippen LogP contribution in [-0.2, 0) is 18.2 Å². The van der Waals surface area contributed by atoms with E-state index in [0.717, 1.165) is 0 Å². The second-order valence-electron chi connectivity index (χ2n) is 4.27. The second kappa shape index (κ2) is 8.71. The summed E-state index contributed by atoms with van der Waals surface area (Å²) in [5.41, 5.74) is 6.34. The van der Waals surface area contributed by atoms with E-state index in [2.05, 4.69) is 5.16 Å². The Hall–Kier alpha value is -2.51. The highest BCUT2D eigenvalue weighted by molar-refractivity contribution is 5.92. The Bertz CT molecular complexity index is 647. The van der Waals surface area contributed by atoms with Crippen LogP contribution in [0.4, 0.5) is 0 Å². The van der Waals surface area contributed by atoms with E-state index in [0.29, 0.717) is 24.7 Å². The van der Waals surface area contributed by atoms with E-state index in [1.165, 1.54) is 6.21 Å². The van der Waals surface area contributed by atoms with Gasteiger partial charge in [0.15, 0.2) is 18.6 Å². The molecular weight excluding hydrogens is 308 g/mol. The fraction of sp³-hybridized carbons (Fsp3) is 0.143. The summed E-state index contributed by atoms with van der Waals surface area (Å²) in [5, 5.41) is 11.6. The lowest BCUT2D eigenvalue weighted by Crippen LogP contribution is -3.00. The summed E-state index contributed by atoms with van der Waals surface area (Å²) in [6, 6.07) is 8.76. The van der Waals surface area contributed by atoms with Crippen LogP contribution in [0.25, 0.3) is 0 Å². The van der Waals surface area contributed by atoms with Crippen LogP contribution in [0.2, 0.25) is 0 Å². The van der Waals surface area contributed by atoms with E-state index in [1.807, 2.05) is 18.3 Å². The summed E-state index contributed by atoms with van der Waals surface area (Å²) < 4.78 is 9.12. The molecule has 0 saturated carbocycles. The first-order chi connectivity index (χ1) is 10.2. The van der Waals surface area contributed by atoms with Crippen LogP contribution in [0.15, 0.2) is 54.1 Å². The van der Waals surface area contributed by atoms with Crippen LogP contribution in [0.5, 0.6) is 0 Å². The van der Waals surface area contributed by atoms with E-state index >= 15 is 0 Å². The molecule has 7 nitrogen and oxygen atoms in total. The summed E-state index contributed by atoms with van der Waals surface area (Å²) in [7, 11) is 0. The Balaban J connectivity index is 0.00000242. The largest absolute Gasteiger partial charge is 1.00 e. The summed E-state index contributed by atoms with van der Waals surface area (Å²) in [4.78, 5) is 11.0. The van der Waals surface area contributed by atoms with Gasteiger partial charge in [-0.15, -0.1) is 0 Å². The fourth-order valence-corrected chi connectivity index (χ4v) is 1.74. The highest BCUT2D eigenvalue weighted by Crippen LogP contribution is 1.93. The molecule has 8 heteroatoms. The molecule has 0 fully saturated rings. The van der Waals surface area contributed by atoms with Gasteiger partial charge in [-0.05, 0) is 6.07 Å². The van der Waals surface area contributed by atoms with Gasteiger partial charge in [0.25, 0.3) is 13.5 Å². The van der Waals surface area contributed by atoms with Crippen molar-refractivity contribution < 1.29 is 36.3 Å². The highest BCUT2D eigenvalue weighted by atomic mass is 35.5. The van der Waals surface area contributed by atoms with Crippen LogP contribution < -0.4 is 27.3 Å². The molecule has 0 radical (unpaired) electrons. The zero-order valence-electron chi connectivity index (χ0n) is 11.7. The summed E-state index contributed by atoms with van der Waals surface area (Å²) in [6.45, 7) is 0.614. The number of hydrogen-bond acceptors (Lipinski definition) is 4. The van der Waals surface area contributed by atoms with Gasteiger partial charge < -0.3 is 23.3 Å². The first-order valence-corrected chi connectivity index (χ1v) is 6.23. The number of pyridine rings is 2. The van der Waals surface area contributed by atoms with Crippen LogP contribution >= 0.6 is 0 Å². The lowest BCUT2D eigenvalue weighted by atomic mass is 10.2. The first-order valence-electron chi connectivity index (χ1n) is 6.23. The van der Waals surface area contributed by atoms with E-state index in [1.54, 1.807) is 39.7 Å². The van der Waals surface area contributed by atoms with Gasteiger partial charge in [-0.1, -0.05) is 5.16 Å². The topological polar surface area (TPSA) is 92.7 Å². The lowest BCUT2D eigenvalue weighted by molar-refractivity contribution is -0.788. The van der Waals surface area contributed by atoms with Gasteiger partial charge in [0.05, 0.1) is 5.56 Å². The van der Waals surface area contributed by atoms with Crippen molar-refractivity contribution in [2.45, 2.75) is 13.5 Å². The number of ether oxygens (including phenoxy) is 1. The van der Waals surface area contributed by atoms with Crippen molar-refractivity contribution in [3.8, 4) is 0 Å². The normalized spacial score (nSPS) is 10.4. The minimum Gasteiger partial charge on any atom is -1.00 e. The number of aromatic nitrogens is 2. The number of amides is 1. The van der Waals surface area contributed by atoms with Gasteiger partial charge in [-0.25, -0.2) is 0 Å². The molecule has 0 bridgehead atoms. The van der Waals surface area contributed by atoms with E-state index in [-0.39, 0.29) is 12.4 Å². The van der Waals surface area contributed by atoms with Gasteiger partial charge in [-0.2, -0.15) is 9.13 Å². The minimum absolute atomic E-state index is 0. The molecule has 2 rings (SSSR count). The maximum Gasteiger partial charge on any atom is 0.258 e. The third-order valence-corrected chi connectivity index (χ3v) is 2.81. The molecule has 2 aromatic rings. The standard InChI is InChI=1S/C14H14N4O3.ClH/c15-14(19)12-4-7-17(8-5-12)10-21-11-18-6-2-1-3-13(18)9-16-20;/h1-9H,10-11H2,(H-,15,19);1H/p+1. The Morgan fingerprint density at radius 2 is 1.95 bits per heavy atom. The van der Waals surface area contributed by atoms with E-state index in [4.69, 9.17) is 15.7 Å². The van der Waals surface area contributed by atoms with Gasteiger partial charge in [0, 0.05) is 24.3 Å². The molecular formula is C14H16ClN4O3+. The summed E-state index contributed by atoms with van der Waals surface area (Å²) >= 11 is 0.